The molecule has 0 radical (unpaired) electrons. The van der Waals surface area contributed by atoms with E-state index in [4.69, 9.17) is 10.5 Å². The van der Waals surface area contributed by atoms with Gasteiger partial charge in [0.05, 0.1) is 12.7 Å². The highest BCUT2D eigenvalue weighted by Crippen LogP contribution is 2.33. The smallest absolute Gasteiger partial charge is 0.122 e. The van der Waals surface area contributed by atoms with Crippen molar-refractivity contribution in [2.75, 3.05) is 27.2 Å². The largest absolute Gasteiger partial charge is 0.493 e. The summed E-state index contributed by atoms with van der Waals surface area (Å²) in [4.78, 5) is 2.08. The van der Waals surface area contributed by atoms with Crippen LogP contribution in [-0.4, -0.2) is 43.3 Å². The van der Waals surface area contributed by atoms with Gasteiger partial charge in [-0.2, -0.15) is 0 Å². The Morgan fingerprint density at radius 1 is 1.23 bits per heavy atom. The van der Waals surface area contributed by atoms with Gasteiger partial charge in [-0.05, 0) is 82.6 Å². The second kappa shape index (κ2) is 8.51. The van der Waals surface area contributed by atoms with Crippen molar-refractivity contribution < 1.29 is 9.84 Å². The predicted octanol–water partition coefficient (Wildman–Crippen LogP) is 2.71. The average Bonchev–Trinajstić information content (AvgIpc) is 2.46. The number of ether oxygens (including phenoxy) is 1. The van der Waals surface area contributed by atoms with Crippen LogP contribution in [0.4, 0.5) is 0 Å². The Morgan fingerprint density at radius 2 is 1.86 bits per heavy atom. The van der Waals surface area contributed by atoms with Crippen molar-refractivity contribution in [1.29, 1.82) is 0 Å². The van der Waals surface area contributed by atoms with Crippen LogP contribution in [0.2, 0.25) is 0 Å². The van der Waals surface area contributed by atoms with Crippen LogP contribution in [-0.2, 0) is 0 Å². The van der Waals surface area contributed by atoms with E-state index in [-0.39, 0.29) is 6.04 Å². The Hall–Kier alpha value is -1.10. The third kappa shape index (κ3) is 4.70. The topological polar surface area (TPSA) is 58.7 Å². The first-order valence-electron chi connectivity index (χ1n) is 8.11. The van der Waals surface area contributed by atoms with E-state index in [2.05, 4.69) is 11.8 Å². The van der Waals surface area contributed by atoms with Gasteiger partial charge in [-0.25, -0.2) is 0 Å². The van der Waals surface area contributed by atoms with Crippen LogP contribution in [0.1, 0.15) is 48.1 Å². The molecule has 4 nitrogen and oxygen atoms in total. The summed E-state index contributed by atoms with van der Waals surface area (Å²) in [7, 11) is 4.03. The summed E-state index contributed by atoms with van der Waals surface area (Å²) in [6, 6.07) is 1.76. The molecule has 0 amide bonds. The summed E-state index contributed by atoms with van der Waals surface area (Å²) < 4.78 is 5.80. The molecule has 126 valence electrons. The molecule has 0 saturated carbocycles. The normalized spacial score (nSPS) is 14.2. The lowest BCUT2D eigenvalue weighted by molar-refractivity contribution is 0.136. The quantitative estimate of drug-likeness (QED) is 0.775. The van der Waals surface area contributed by atoms with E-state index in [1.807, 2.05) is 40.9 Å². The van der Waals surface area contributed by atoms with E-state index in [1.165, 1.54) is 0 Å². The molecule has 0 bridgehead atoms. The van der Waals surface area contributed by atoms with Crippen molar-refractivity contribution in [2.45, 2.75) is 52.7 Å². The van der Waals surface area contributed by atoms with Crippen LogP contribution in [0.25, 0.3) is 0 Å². The molecule has 0 saturated heterocycles. The zero-order valence-electron chi connectivity index (χ0n) is 14.9. The minimum Gasteiger partial charge on any atom is -0.493 e. The number of aliphatic hydroxyl groups is 1. The Balaban J connectivity index is 3.01. The Kier molecular flexibility index (Phi) is 7.33. The van der Waals surface area contributed by atoms with Gasteiger partial charge in [-0.15, -0.1) is 0 Å². The Labute approximate surface area is 135 Å². The number of benzene rings is 1. The van der Waals surface area contributed by atoms with E-state index in [9.17, 15) is 5.11 Å². The molecule has 0 aliphatic rings. The number of aliphatic hydroxyl groups excluding tert-OH is 1. The van der Waals surface area contributed by atoms with Gasteiger partial charge >= 0.3 is 0 Å². The van der Waals surface area contributed by atoms with E-state index in [0.717, 1.165) is 47.4 Å². The third-order valence-electron chi connectivity index (χ3n) is 4.18. The first-order valence-corrected chi connectivity index (χ1v) is 8.11. The predicted molar refractivity (Wildman–Crippen MR) is 92.5 cm³/mol. The van der Waals surface area contributed by atoms with Crippen molar-refractivity contribution in [3.8, 4) is 5.75 Å². The molecular weight excluding hydrogens is 276 g/mol. The third-order valence-corrected chi connectivity index (χ3v) is 4.18. The lowest BCUT2D eigenvalue weighted by atomic mass is 9.89. The second-order valence-electron chi connectivity index (χ2n) is 6.40. The molecule has 4 heteroatoms. The lowest BCUT2D eigenvalue weighted by Gasteiger charge is -2.25. The minimum absolute atomic E-state index is 0.262. The molecule has 2 atom stereocenters. The van der Waals surface area contributed by atoms with E-state index < -0.39 is 6.10 Å². The van der Waals surface area contributed by atoms with Crippen LogP contribution in [0.3, 0.4) is 0 Å². The van der Waals surface area contributed by atoms with Gasteiger partial charge < -0.3 is 20.5 Å². The summed E-state index contributed by atoms with van der Waals surface area (Å²) in [5, 5.41) is 10.7. The summed E-state index contributed by atoms with van der Waals surface area (Å²) in [5.74, 6) is 0.912. The van der Waals surface area contributed by atoms with Crippen molar-refractivity contribution in [1.82, 2.24) is 4.90 Å². The van der Waals surface area contributed by atoms with Crippen LogP contribution >= 0.6 is 0 Å². The minimum atomic E-state index is -0.640. The maximum atomic E-state index is 10.7. The number of rotatable bonds is 8. The molecule has 0 aromatic heterocycles. The molecule has 2 unspecified atom stereocenters. The monoisotopic (exact) mass is 308 g/mol. The van der Waals surface area contributed by atoms with Crippen LogP contribution in [0.15, 0.2) is 6.07 Å². The molecule has 0 spiro atoms. The van der Waals surface area contributed by atoms with Gasteiger partial charge in [0.2, 0.25) is 0 Å². The molecule has 0 heterocycles. The van der Waals surface area contributed by atoms with Crippen LogP contribution in [0, 0.1) is 20.8 Å². The van der Waals surface area contributed by atoms with Gasteiger partial charge in [0, 0.05) is 6.04 Å². The number of nitrogens with zero attached hydrogens (tertiary/aromatic N) is 1. The number of nitrogens with two attached hydrogens (primary N) is 1. The summed E-state index contributed by atoms with van der Waals surface area (Å²) in [6.07, 6.45) is 1.11. The Bertz CT molecular complexity index is 486. The van der Waals surface area contributed by atoms with E-state index >= 15 is 0 Å². The van der Waals surface area contributed by atoms with Crippen molar-refractivity contribution in [3.05, 3.63) is 28.3 Å². The van der Waals surface area contributed by atoms with E-state index in [0.29, 0.717) is 6.61 Å². The first kappa shape index (κ1) is 18.9. The highest BCUT2D eigenvalue weighted by atomic mass is 16.5. The molecule has 1 aromatic rings. The highest BCUT2D eigenvalue weighted by molar-refractivity contribution is 5.49. The molecular formula is C18H32N2O2. The molecule has 0 fully saturated rings. The lowest BCUT2D eigenvalue weighted by Crippen LogP contribution is -2.33. The van der Waals surface area contributed by atoms with Gasteiger partial charge in [-0.1, -0.05) is 6.92 Å². The molecule has 1 aromatic carbocycles. The maximum absolute atomic E-state index is 10.7. The fourth-order valence-electron chi connectivity index (χ4n) is 2.66. The van der Waals surface area contributed by atoms with Gasteiger partial charge in [-0.3, -0.25) is 0 Å². The maximum Gasteiger partial charge on any atom is 0.122 e. The molecule has 3 N–H and O–H groups in total. The molecule has 0 aliphatic carbocycles. The van der Waals surface area contributed by atoms with Crippen LogP contribution < -0.4 is 10.5 Å². The van der Waals surface area contributed by atoms with Crippen molar-refractivity contribution in [3.63, 3.8) is 0 Å². The summed E-state index contributed by atoms with van der Waals surface area (Å²) in [5.41, 5.74) is 10.4. The zero-order valence-corrected chi connectivity index (χ0v) is 14.9. The van der Waals surface area contributed by atoms with E-state index in [1.54, 1.807) is 0 Å². The molecule has 22 heavy (non-hydrogen) atoms. The summed E-state index contributed by atoms with van der Waals surface area (Å²) >= 11 is 0. The van der Waals surface area contributed by atoms with Gasteiger partial charge in [0.25, 0.3) is 0 Å². The average molecular weight is 308 g/mol. The number of hydrogen-bond donors (Lipinski definition) is 2. The standard InChI is InChI=1S/C18H32N2O2/c1-7-10-22-16-11-12(2)17(14(4)13(16)3)18(21)15(19)8-9-20(5)6/h11,15,18,21H,7-10,19H2,1-6H3. The Morgan fingerprint density at radius 3 is 2.41 bits per heavy atom. The SMILES string of the molecule is CCCOc1cc(C)c(C(O)C(N)CCN(C)C)c(C)c1C. The van der Waals surface area contributed by atoms with Crippen molar-refractivity contribution in [2.24, 2.45) is 5.73 Å². The fraction of sp³-hybridized carbons (Fsp3) is 0.667. The number of hydrogen-bond acceptors (Lipinski definition) is 4. The zero-order chi connectivity index (χ0) is 16.9. The van der Waals surface area contributed by atoms with Gasteiger partial charge in [0.15, 0.2) is 0 Å². The second-order valence-corrected chi connectivity index (χ2v) is 6.40. The first-order chi connectivity index (χ1) is 10.3. The van der Waals surface area contributed by atoms with Gasteiger partial charge in [0.1, 0.15) is 5.75 Å². The van der Waals surface area contributed by atoms with Crippen LogP contribution in [0.5, 0.6) is 5.75 Å². The highest BCUT2D eigenvalue weighted by Gasteiger charge is 2.23. The molecule has 0 aliphatic heterocycles. The van der Waals surface area contributed by atoms with Crippen molar-refractivity contribution >= 4 is 0 Å². The number of aryl methyl sites for hydroxylation is 1. The summed E-state index contributed by atoms with van der Waals surface area (Å²) in [6.45, 7) is 9.77. The fourth-order valence-corrected chi connectivity index (χ4v) is 2.66. The molecule has 1 rings (SSSR count).